The molecule has 3 heteroatoms. The van der Waals surface area contributed by atoms with Gasteiger partial charge in [-0.05, 0) is 12.8 Å². The van der Waals surface area contributed by atoms with Gasteiger partial charge >= 0.3 is 0 Å². The standard InChI is InChI=1S/C11H25N3/c1-3-11(4-2)14-9-7-13(6-5-12)8-10-14/h11H,3-10,12H2,1-2H3. The quantitative estimate of drug-likeness (QED) is 0.709. The molecule has 1 heterocycles. The van der Waals surface area contributed by atoms with Gasteiger partial charge in [0, 0.05) is 45.3 Å². The predicted octanol–water partition coefficient (Wildman–Crippen LogP) is 0.751. The first-order valence-corrected chi connectivity index (χ1v) is 5.98. The minimum Gasteiger partial charge on any atom is -0.329 e. The zero-order valence-corrected chi connectivity index (χ0v) is 9.71. The van der Waals surface area contributed by atoms with E-state index >= 15 is 0 Å². The van der Waals surface area contributed by atoms with E-state index in [1.165, 1.54) is 39.0 Å². The number of piperazine rings is 1. The van der Waals surface area contributed by atoms with Gasteiger partial charge in [-0.2, -0.15) is 0 Å². The molecule has 1 fully saturated rings. The topological polar surface area (TPSA) is 32.5 Å². The molecule has 14 heavy (non-hydrogen) atoms. The van der Waals surface area contributed by atoms with Gasteiger partial charge in [-0.1, -0.05) is 13.8 Å². The van der Waals surface area contributed by atoms with Crippen LogP contribution in [0.3, 0.4) is 0 Å². The second-order valence-corrected chi connectivity index (χ2v) is 4.14. The van der Waals surface area contributed by atoms with Crippen LogP contribution in [-0.4, -0.2) is 55.1 Å². The molecule has 0 atom stereocenters. The molecule has 3 nitrogen and oxygen atoms in total. The summed E-state index contributed by atoms with van der Waals surface area (Å²) >= 11 is 0. The van der Waals surface area contributed by atoms with Gasteiger partial charge in [0.1, 0.15) is 0 Å². The van der Waals surface area contributed by atoms with Crippen molar-refractivity contribution in [2.75, 3.05) is 39.3 Å². The molecular formula is C11H25N3. The zero-order valence-electron chi connectivity index (χ0n) is 9.71. The fourth-order valence-electron chi connectivity index (χ4n) is 2.34. The fourth-order valence-corrected chi connectivity index (χ4v) is 2.34. The van der Waals surface area contributed by atoms with Crippen molar-refractivity contribution in [3.8, 4) is 0 Å². The van der Waals surface area contributed by atoms with E-state index in [0.717, 1.165) is 19.1 Å². The molecule has 1 aliphatic rings. The molecule has 0 spiro atoms. The highest BCUT2D eigenvalue weighted by molar-refractivity contribution is 4.77. The Morgan fingerprint density at radius 2 is 1.64 bits per heavy atom. The first-order chi connectivity index (χ1) is 6.81. The van der Waals surface area contributed by atoms with E-state index < -0.39 is 0 Å². The predicted molar refractivity (Wildman–Crippen MR) is 61.4 cm³/mol. The Morgan fingerprint density at radius 3 is 2.07 bits per heavy atom. The summed E-state index contributed by atoms with van der Waals surface area (Å²) in [5.74, 6) is 0. The largest absolute Gasteiger partial charge is 0.329 e. The maximum Gasteiger partial charge on any atom is 0.0113 e. The molecule has 0 aromatic carbocycles. The number of nitrogens with two attached hydrogens (primary N) is 1. The van der Waals surface area contributed by atoms with Crippen LogP contribution in [0, 0.1) is 0 Å². The van der Waals surface area contributed by atoms with Crippen LogP contribution < -0.4 is 5.73 Å². The van der Waals surface area contributed by atoms with Crippen LogP contribution in [0.1, 0.15) is 26.7 Å². The van der Waals surface area contributed by atoms with Crippen LogP contribution in [0.25, 0.3) is 0 Å². The van der Waals surface area contributed by atoms with Crippen molar-refractivity contribution in [2.24, 2.45) is 5.73 Å². The molecule has 0 saturated carbocycles. The van der Waals surface area contributed by atoms with E-state index in [0.29, 0.717) is 0 Å². The summed E-state index contributed by atoms with van der Waals surface area (Å²) < 4.78 is 0. The summed E-state index contributed by atoms with van der Waals surface area (Å²) in [6.45, 7) is 11.3. The Hall–Kier alpha value is -0.120. The summed E-state index contributed by atoms with van der Waals surface area (Å²) in [6, 6.07) is 0.801. The van der Waals surface area contributed by atoms with Crippen molar-refractivity contribution in [1.82, 2.24) is 9.80 Å². The van der Waals surface area contributed by atoms with Gasteiger partial charge in [-0.3, -0.25) is 9.80 Å². The number of nitrogens with zero attached hydrogens (tertiary/aromatic N) is 2. The normalized spacial score (nSPS) is 20.6. The second-order valence-electron chi connectivity index (χ2n) is 4.14. The lowest BCUT2D eigenvalue weighted by molar-refractivity contribution is 0.0939. The molecule has 1 rings (SSSR count). The van der Waals surface area contributed by atoms with Gasteiger partial charge in [0.15, 0.2) is 0 Å². The van der Waals surface area contributed by atoms with Crippen molar-refractivity contribution >= 4 is 0 Å². The molecule has 0 aliphatic carbocycles. The SMILES string of the molecule is CCC(CC)N1CCN(CCN)CC1. The van der Waals surface area contributed by atoms with Crippen molar-refractivity contribution in [3.63, 3.8) is 0 Å². The molecule has 0 bridgehead atoms. The molecule has 0 unspecified atom stereocenters. The van der Waals surface area contributed by atoms with Gasteiger partial charge in [0.05, 0.1) is 0 Å². The Kier molecular flexibility index (Phi) is 5.45. The molecule has 0 aromatic heterocycles. The van der Waals surface area contributed by atoms with E-state index in [4.69, 9.17) is 5.73 Å². The lowest BCUT2D eigenvalue weighted by Gasteiger charge is -2.38. The fraction of sp³-hybridized carbons (Fsp3) is 1.00. The third-order valence-electron chi connectivity index (χ3n) is 3.31. The first-order valence-electron chi connectivity index (χ1n) is 5.98. The molecule has 0 aromatic rings. The molecule has 84 valence electrons. The molecule has 0 amide bonds. The third-order valence-corrected chi connectivity index (χ3v) is 3.31. The molecule has 1 saturated heterocycles. The van der Waals surface area contributed by atoms with Crippen LogP contribution in [0.2, 0.25) is 0 Å². The third kappa shape index (κ3) is 3.23. The summed E-state index contributed by atoms with van der Waals surface area (Å²) in [5.41, 5.74) is 5.55. The van der Waals surface area contributed by atoms with Gasteiger partial charge in [0.25, 0.3) is 0 Å². The monoisotopic (exact) mass is 199 g/mol. The van der Waals surface area contributed by atoms with E-state index in [1.54, 1.807) is 0 Å². The van der Waals surface area contributed by atoms with E-state index in [9.17, 15) is 0 Å². The van der Waals surface area contributed by atoms with Crippen LogP contribution in [0.15, 0.2) is 0 Å². The Morgan fingerprint density at radius 1 is 1.07 bits per heavy atom. The highest BCUT2D eigenvalue weighted by Crippen LogP contribution is 2.11. The van der Waals surface area contributed by atoms with Crippen molar-refractivity contribution in [3.05, 3.63) is 0 Å². The number of hydrogen-bond donors (Lipinski definition) is 1. The first kappa shape index (κ1) is 12.0. The smallest absolute Gasteiger partial charge is 0.0113 e. The highest BCUT2D eigenvalue weighted by Gasteiger charge is 2.20. The van der Waals surface area contributed by atoms with Gasteiger partial charge in [-0.25, -0.2) is 0 Å². The van der Waals surface area contributed by atoms with Gasteiger partial charge in [0.2, 0.25) is 0 Å². The molecule has 1 aliphatic heterocycles. The summed E-state index contributed by atoms with van der Waals surface area (Å²) in [4.78, 5) is 5.10. The van der Waals surface area contributed by atoms with Crippen molar-refractivity contribution in [1.29, 1.82) is 0 Å². The molecular weight excluding hydrogens is 174 g/mol. The second kappa shape index (κ2) is 6.38. The lowest BCUT2D eigenvalue weighted by atomic mass is 10.1. The maximum absolute atomic E-state index is 5.55. The Balaban J connectivity index is 2.27. The van der Waals surface area contributed by atoms with Gasteiger partial charge in [-0.15, -0.1) is 0 Å². The van der Waals surface area contributed by atoms with Crippen molar-refractivity contribution < 1.29 is 0 Å². The molecule has 2 N–H and O–H groups in total. The zero-order chi connectivity index (χ0) is 10.4. The van der Waals surface area contributed by atoms with Crippen LogP contribution >= 0.6 is 0 Å². The minimum absolute atomic E-state index is 0.797. The van der Waals surface area contributed by atoms with E-state index in [1.807, 2.05) is 0 Å². The van der Waals surface area contributed by atoms with E-state index in [-0.39, 0.29) is 0 Å². The lowest BCUT2D eigenvalue weighted by Crippen LogP contribution is -2.50. The average Bonchev–Trinajstić information content (AvgIpc) is 2.23. The van der Waals surface area contributed by atoms with Crippen LogP contribution in [0.5, 0.6) is 0 Å². The summed E-state index contributed by atoms with van der Waals surface area (Å²) in [6.07, 6.45) is 2.57. The Bertz CT molecular complexity index is 137. The van der Waals surface area contributed by atoms with Crippen LogP contribution in [-0.2, 0) is 0 Å². The maximum atomic E-state index is 5.55. The number of hydrogen-bond acceptors (Lipinski definition) is 3. The minimum atomic E-state index is 0.797. The highest BCUT2D eigenvalue weighted by atomic mass is 15.3. The molecule has 0 radical (unpaired) electrons. The van der Waals surface area contributed by atoms with E-state index in [2.05, 4.69) is 23.6 Å². The Labute approximate surface area is 88.2 Å². The summed E-state index contributed by atoms with van der Waals surface area (Å²) in [5, 5.41) is 0. The van der Waals surface area contributed by atoms with Crippen molar-refractivity contribution in [2.45, 2.75) is 32.7 Å². The summed E-state index contributed by atoms with van der Waals surface area (Å²) in [7, 11) is 0. The average molecular weight is 199 g/mol. The van der Waals surface area contributed by atoms with Crippen LogP contribution in [0.4, 0.5) is 0 Å². The van der Waals surface area contributed by atoms with Gasteiger partial charge < -0.3 is 5.73 Å². The number of rotatable bonds is 5.